The molecule has 3 N–H and O–H groups in total. The van der Waals surface area contributed by atoms with Crippen LogP contribution in [0.4, 0.5) is 11.4 Å². The number of anilines is 2. The zero-order valence-corrected chi connectivity index (χ0v) is 19.6. The monoisotopic (exact) mass is 474 g/mol. The van der Waals surface area contributed by atoms with Gasteiger partial charge >= 0.3 is 0 Å². The number of nitrogens with one attached hydrogen (secondary N) is 3. The molecule has 0 aliphatic carbocycles. The molecule has 2 aromatic carbocycles. The maximum atomic E-state index is 12.7. The molecule has 0 radical (unpaired) electrons. The topological polar surface area (TPSA) is 104 Å². The van der Waals surface area contributed by atoms with Crippen LogP contribution in [-0.2, 0) is 11.3 Å². The number of amides is 3. The van der Waals surface area contributed by atoms with Crippen molar-refractivity contribution in [1.29, 1.82) is 0 Å². The van der Waals surface area contributed by atoms with Crippen molar-refractivity contribution in [2.75, 3.05) is 30.3 Å². The molecule has 3 aromatic rings. The van der Waals surface area contributed by atoms with Gasteiger partial charge in [0.25, 0.3) is 11.8 Å². The summed E-state index contributed by atoms with van der Waals surface area (Å²) in [6.45, 7) is 1.94. The quantitative estimate of drug-likeness (QED) is 0.452. The van der Waals surface area contributed by atoms with Gasteiger partial charge in [-0.25, -0.2) is 0 Å². The molecule has 0 unspecified atom stereocenters. The van der Waals surface area contributed by atoms with Crippen molar-refractivity contribution in [1.82, 2.24) is 10.2 Å². The van der Waals surface area contributed by atoms with Crippen LogP contribution in [0.15, 0.2) is 71.3 Å². The van der Waals surface area contributed by atoms with Gasteiger partial charge in [0.05, 0.1) is 19.4 Å². The lowest BCUT2D eigenvalue weighted by atomic mass is 10.1. The maximum Gasteiger partial charge on any atom is 0.253 e. The average molecular weight is 475 g/mol. The van der Waals surface area contributed by atoms with E-state index >= 15 is 0 Å². The molecule has 1 aromatic heterocycles. The summed E-state index contributed by atoms with van der Waals surface area (Å²) in [4.78, 5) is 39.4. The smallest absolute Gasteiger partial charge is 0.253 e. The Morgan fingerprint density at radius 1 is 0.829 bits per heavy atom. The summed E-state index contributed by atoms with van der Waals surface area (Å²) < 4.78 is 5.22. The van der Waals surface area contributed by atoms with Crippen LogP contribution in [0.2, 0.25) is 0 Å². The van der Waals surface area contributed by atoms with E-state index in [4.69, 9.17) is 4.42 Å². The minimum absolute atomic E-state index is 0.0337. The van der Waals surface area contributed by atoms with E-state index < -0.39 is 0 Å². The van der Waals surface area contributed by atoms with Gasteiger partial charge in [-0.05, 0) is 67.4 Å². The lowest BCUT2D eigenvalue weighted by Gasteiger charge is -2.20. The van der Waals surface area contributed by atoms with Crippen molar-refractivity contribution in [2.45, 2.75) is 32.2 Å². The lowest BCUT2D eigenvalue weighted by Crippen LogP contribution is -2.31. The first-order valence-corrected chi connectivity index (χ1v) is 11.9. The molecule has 1 saturated heterocycles. The predicted octanol–water partition coefficient (Wildman–Crippen LogP) is 4.28. The molecule has 1 aliphatic rings. The summed E-state index contributed by atoms with van der Waals surface area (Å²) in [5, 5.41) is 8.66. The van der Waals surface area contributed by atoms with Crippen LogP contribution in [0, 0.1) is 0 Å². The summed E-state index contributed by atoms with van der Waals surface area (Å²) >= 11 is 0. The number of hydrogen-bond donors (Lipinski definition) is 3. The van der Waals surface area contributed by atoms with Crippen LogP contribution in [0.1, 0.15) is 52.2 Å². The van der Waals surface area contributed by atoms with E-state index in [0.717, 1.165) is 25.9 Å². The third kappa shape index (κ3) is 6.96. The molecular weight excluding hydrogens is 444 g/mol. The lowest BCUT2D eigenvalue weighted by molar-refractivity contribution is -0.114. The molecule has 3 amide bonds. The molecule has 8 heteroatoms. The van der Waals surface area contributed by atoms with Crippen molar-refractivity contribution < 1.29 is 18.8 Å². The van der Waals surface area contributed by atoms with Crippen LogP contribution < -0.4 is 16.0 Å². The Morgan fingerprint density at radius 3 is 2.31 bits per heavy atom. The summed E-state index contributed by atoms with van der Waals surface area (Å²) in [6.07, 6.45) is 6.00. The van der Waals surface area contributed by atoms with Gasteiger partial charge in [-0.1, -0.05) is 18.9 Å². The fourth-order valence-corrected chi connectivity index (χ4v) is 3.99. The standard InChI is InChI=1S/C27H30N4O4/c32-25(30-22-12-10-20(11-13-22)27(34)31-14-3-1-2-4-15-31)19-28-23-8-5-7-21(17-23)26(33)29-18-24-9-6-16-35-24/h5-13,16-17,28H,1-4,14-15,18-19H2,(H,29,33)(H,30,32). The normalized spacial score (nSPS) is 13.5. The zero-order chi connectivity index (χ0) is 24.5. The molecule has 1 fully saturated rings. The first-order valence-electron chi connectivity index (χ1n) is 11.9. The van der Waals surface area contributed by atoms with E-state index in [-0.39, 0.29) is 24.3 Å². The second-order valence-corrected chi connectivity index (χ2v) is 8.53. The second-order valence-electron chi connectivity index (χ2n) is 8.53. The summed E-state index contributed by atoms with van der Waals surface area (Å²) in [6, 6.07) is 17.5. The minimum Gasteiger partial charge on any atom is -0.467 e. The number of carbonyl (C=O) groups is 3. The number of carbonyl (C=O) groups excluding carboxylic acids is 3. The molecule has 0 saturated carbocycles. The van der Waals surface area contributed by atoms with E-state index in [2.05, 4.69) is 16.0 Å². The average Bonchev–Trinajstić information content (AvgIpc) is 3.26. The van der Waals surface area contributed by atoms with Crippen LogP contribution in [0.25, 0.3) is 0 Å². The highest BCUT2D eigenvalue weighted by molar-refractivity contribution is 5.97. The highest BCUT2D eigenvalue weighted by Gasteiger charge is 2.17. The van der Waals surface area contributed by atoms with Crippen LogP contribution in [-0.4, -0.2) is 42.3 Å². The van der Waals surface area contributed by atoms with Crippen molar-refractivity contribution in [3.8, 4) is 0 Å². The van der Waals surface area contributed by atoms with Crippen molar-refractivity contribution in [3.05, 3.63) is 83.8 Å². The van der Waals surface area contributed by atoms with Crippen LogP contribution in [0.5, 0.6) is 0 Å². The molecular formula is C27H30N4O4. The number of hydrogen-bond acceptors (Lipinski definition) is 5. The fraction of sp³-hybridized carbons (Fsp3) is 0.296. The first-order chi connectivity index (χ1) is 17.1. The van der Waals surface area contributed by atoms with E-state index in [1.54, 1.807) is 66.9 Å². The minimum atomic E-state index is -0.232. The van der Waals surface area contributed by atoms with Crippen molar-refractivity contribution >= 4 is 29.1 Å². The fourth-order valence-electron chi connectivity index (χ4n) is 3.99. The third-order valence-electron chi connectivity index (χ3n) is 5.89. The number of furan rings is 1. The van der Waals surface area contributed by atoms with Gasteiger partial charge in [-0.2, -0.15) is 0 Å². The Balaban J connectivity index is 1.25. The van der Waals surface area contributed by atoms with E-state index in [9.17, 15) is 14.4 Å². The highest BCUT2D eigenvalue weighted by Crippen LogP contribution is 2.16. The van der Waals surface area contributed by atoms with E-state index in [1.807, 2.05) is 4.90 Å². The Bertz CT molecular complexity index is 1130. The molecule has 182 valence electrons. The van der Waals surface area contributed by atoms with Gasteiger partial charge in [0.15, 0.2) is 0 Å². The first kappa shape index (κ1) is 24.1. The van der Waals surface area contributed by atoms with Crippen molar-refractivity contribution in [3.63, 3.8) is 0 Å². The molecule has 0 spiro atoms. The molecule has 0 bridgehead atoms. The highest BCUT2D eigenvalue weighted by atomic mass is 16.3. The van der Waals surface area contributed by atoms with Gasteiger partial charge in [0, 0.05) is 35.6 Å². The van der Waals surface area contributed by atoms with Gasteiger partial charge in [-0.3, -0.25) is 14.4 Å². The van der Waals surface area contributed by atoms with Crippen molar-refractivity contribution in [2.24, 2.45) is 0 Å². The van der Waals surface area contributed by atoms with E-state index in [0.29, 0.717) is 34.8 Å². The Morgan fingerprint density at radius 2 is 1.60 bits per heavy atom. The molecule has 1 aliphatic heterocycles. The molecule has 8 nitrogen and oxygen atoms in total. The number of likely N-dealkylation sites (tertiary alicyclic amines) is 1. The van der Waals surface area contributed by atoms with Gasteiger partial charge in [0.2, 0.25) is 5.91 Å². The Kier molecular flexibility index (Phi) is 8.17. The predicted molar refractivity (Wildman–Crippen MR) is 134 cm³/mol. The largest absolute Gasteiger partial charge is 0.467 e. The molecule has 4 rings (SSSR count). The Labute approximate surface area is 204 Å². The SMILES string of the molecule is O=C(CNc1cccc(C(=O)NCc2ccco2)c1)Nc1ccc(C(=O)N2CCCCCC2)cc1. The van der Waals surface area contributed by atoms with Crippen LogP contribution in [0.3, 0.4) is 0 Å². The molecule has 35 heavy (non-hydrogen) atoms. The number of nitrogens with zero attached hydrogens (tertiary/aromatic N) is 1. The van der Waals surface area contributed by atoms with Gasteiger partial charge in [-0.15, -0.1) is 0 Å². The summed E-state index contributed by atoms with van der Waals surface area (Å²) in [7, 11) is 0. The summed E-state index contributed by atoms with van der Waals surface area (Å²) in [5.74, 6) is 0.247. The Hall–Kier alpha value is -4.07. The third-order valence-corrected chi connectivity index (χ3v) is 5.89. The van der Waals surface area contributed by atoms with Crippen LogP contribution >= 0.6 is 0 Å². The molecule has 2 heterocycles. The molecule has 0 atom stereocenters. The number of benzene rings is 2. The second kappa shape index (κ2) is 11.9. The summed E-state index contributed by atoms with van der Waals surface area (Å²) in [5.41, 5.74) is 2.39. The number of rotatable bonds is 8. The van der Waals surface area contributed by atoms with Gasteiger partial charge in [0.1, 0.15) is 5.76 Å². The van der Waals surface area contributed by atoms with E-state index in [1.165, 1.54) is 12.8 Å². The van der Waals surface area contributed by atoms with Gasteiger partial charge < -0.3 is 25.3 Å². The zero-order valence-electron chi connectivity index (χ0n) is 19.6. The maximum absolute atomic E-state index is 12.7.